The normalized spacial score (nSPS) is 12.5. The number of aliphatic hydroxyl groups is 1. The molecule has 3 N–H and O–H groups in total. The lowest BCUT2D eigenvalue weighted by molar-refractivity contribution is 0.169. The maximum atomic E-state index is 9.41. The van der Waals surface area contributed by atoms with E-state index >= 15 is 0 Å². The molecule has 0 bridgehead atoms. The van der Waals surface area contributed by atoms with Gasteiger partial charge in [0.15, 0.2) is 5.96 Å². The average Bonchev–Trinajstić information content (AvgIpc) is 2.69. The van der Waals surface area contributed by atoms with Crippen molar-refractivity contribution >= 4 is 5.96 Å². The molecule has 0 amide bonds. The second-order valence-corrected chi connectivity index (χ2v) is 7.38. The molecule has 0 aromatic heterocycles. The van der Waals surface area contributed by atoms with Crippen molar-refractivity contribution < 1.29 is 5.11 Å². The van der Waals surface area contributed by atoms with Gasteiger partial charge in [-0.1, -0.05) is 45.0 Å². The van der Waals surface area contributed by atoms with Gasteiger partial charge in [-0.2, -0.15) is 0 Å². The van der Waals surface area contributed by atoms with Crippen LogP contribution in [0.2, 0.25) is 0 Å². The monoisotopic (exact) mass is 376 g/mol. The molecule has 0 fully saturated rings. The van der Waals surface area contributed by atoms with Gasteiger partial charge in [0, 0.05) is 26.2 Å². The van der Waals surface area contributed by atoms with Crippen molar-refractivity contribution in [3.8, 4) is 0 Å². The van der Waals surface area contributed by atoms with Crippen LogP contribution in [0.5, 0.6) is 0 Å². The number of guanidine groups is 1. The summed E-state index contributed by atoms with van der Waals surface area (Å²) in [7, 11) is 2.14. The Kier molecular flexibility index (Phi) is 11.1. The Hall–Kier alpha value is -1.59. The van der Waals surface area contributed by atoms with Crippen molar-refractivity contribution in [2.75, 3.05) is 33.3 Å². The zero-order valence-corrected chi connectivity index (χ0v) is 18.0. The van der Waals surface area contributed by atoms with Crippen molar-refractivity contribution in [3.63, 3.8) is 0 Å². The maximum Gasteiger partial charge on any atom is 0.191 e. The van der Waals surface area contributed by atoms with Crippen molar-refractivity contribution in [3.05, 3.63) is 35.4 Å². The van der Waals surface area contributed by atoms with E-state index in [9.17, 15) is 5.11 Å². The minimum absolute atomic E-state index is 0.121. The Morgan fingerprint density at radius 1 is 1.11 bits per heavy atom. The van der Waals surface area contributed by atoms with E-state index in [0.717, 1.165) is 51.4 Å². The number of benzene rings is 1. The summed E-state index contributed by atoms with van der Waals surface area (Å²) in [6.07, 6.45) is 2.91. The molecule has 5 nitrogen and oxygen atoms in total. The van der Waals surface area contributed by atoms with Crippen molar-refractivity contribution in [2.45, 2.75) is 60.0 Å². The zero-order valence-electron chi connectivity index (χ0n) is 18.0. The number of nitrogens with zero attached hydrogens (tertiary/aromatic N) is 2. The number of aliphatic hydroxyl groups excluding tert-OH is 1. The van der Waals surface area contributed by atoms with Gasteiger partial charge in [-0.15, -0.1) is 0 Å². The fourth-order valence-corrected chi connectivity index (χ4v) is 3.21. The average molecular weight is 377 g/mol. The predicted octanol–water partition coefficient (Wildman–Crippen LogP) is 3.38. The fourth-order valence-electron chi connectivity index (χ4n) is 3.21. The Morgan fingerprint density at radius 3 is 2.41 bits per heavy atom. The Labute approximate surface area is 166 Å². The molecule has 0 aliphatic carbocycles. The number of rotatable bonds is 12. The van der Waals surface area contributed by atoms with Gasteiger partial charge >= 0.3 is 0 Å². The molecule has 0 spiro atoms. The lowest BCUT2D eigenvalue weighted by atomic mass is 9.79. The third-order valence-electron chi connectivity index (χ3n) is 5.52. The zero-order chi connectivity index (χ0) is 20.1. The molecule has 5 heteroatoms. The Balaban J connectivity index is 2.77. The van der Waals surface area contributed by atoms with Crippen LogP contribution < -0.4 is 10.6 Å². The van der Waals surface area contributed by atoms with Gasteiger partial charge in [-0.05, 0) is 56.3 Å². The third kappa shape index (κ3) is 8.31. The summed E-state index contributed by atoms with van der Waals surface area (Å²) >= 11 is 0. The lowest BCUT2D eigenvalue weighted by Crippen LogP contribution is -2.43. The first-order valence-corrected chi connectivity index (χ1v) is 10.4. The second-order valence-electron chi connectivity index (χ2n) is 7.38. The highest BCUT2D eigenvalue weighted by atomic mass is 16.3. The molecule has 154 valence electrons. The topological polar surface area (TPSA) is 59.9 Å². The highest BCUT2D eigenvalue weighted by Crippen LogP contribution is 2.29. The van der Waals surface area contributed by atoms with E-state index in [-0.39, 0.29) is 12.0 Å². The summed E-state index contributed by atoms with van der Waals surface area (Å²) < 4.78 is 0. The summed E-state index contributed by atoms with van der Waals surface area (Å²) in [5.74, 6) is 0.845. The molecule has 0 unspecified atom stereocenters. The SMILES string of the molecule is CCNC(=NCc1cccc(CN(C)CC)c1)NCC(CC)(CC)CCO. The summed E-state index contributed by atoms with van der Waals surface area (Å²) in [4.78, 5) is 7.07. The van der Waals surface area contributed by atoms with E-state index in [0.29, 0.717) is 6.54 Å². The largest absolute Gasteiger partial charge is 0.396 e. The van der Waals surface area contributed by atoms with Crippen LogP contribution in [0, 0.1) is 5.41 Å². The lowest BCUT2D eigenvalue weighted by Gasteiger charge is -2.32. The smallest absolute Gasteiger partial charge is 0.191 e. The number of hydrogen-bond donors (Lipinski definition) is 3. The van der Waals surface area contributed by atoms with E-state index < -0.39 is 0 Å². The first kappa shape index (κ1) is 23.4. The minimum atomic E-state index is 0.121. The molecule has 0 saturated heterocycles. The maximum absolute atomic E-state index is 9.41. The highest BCUT2D eigenvalue weighted by Gasteiger charge is 2.25. The van der Waals surface area contributed by atoms with Crippen molar-refractivity contribution in [1.82, 2.24) is 15.5 Å². The molecular formula is C22H40N4O. The van der Waals surface area contributed by atoms with Gasteiger partial charge in [0.05, 0.1) is 6.54 Å². The number of hydrogen-bond acceptors (Lipinski definition) is 3. The summed E-state index contributed by atoms with van der Waals surface area (Å²) in [5.41, 5.74) is 2.67. The quantitative estimate of drug-likeness (QED) is 0.387. The van der Waals surface area contributed by atoms with Gasteiger partial charge in [0.2, 0.25) is 0 Å². The van der Waals surface area contributed by atoms with E-state index in [1.807, 2.05) is 0 Å². The standard InChI is InChI=1S/C22H40N4O/c1-6-22(7-2,13-14-27)18-25-21(23-8-3)24-16-19-11-10-12-20(15-19)17-26(5)9-4/h10-12,15,27H,6-9,13-14,16-18H2,1-5H3,(H2,23,24,25). The number of nitrogens with one attached hydrogen (secondary N) is 2. The Bertz CT molecular complexity index is 555. The third-order valence-corrected chi connectivity index (χ3v) is 5.52. The van der Waals surface area contributed by atoms with Crippen molar-refractivity contribution in [1.29, 1.82) is 0 Å². The molecule has 0 heterocycles. The molecule has 0 atom stereocenters. The first-order valence-electron chi connectivity index (χ1n) is 10.4. The Morgan fingerprint density at radius 2 is 1.81 bits per heavy atom. The summed E-state index contributed by atoms with van der Waals surface area (Å²) in [6, 6.07) is 8.67. The van der Waals surface area contributed by atoms with Crippen LogP contribution >= 0.6 is 0 Å². The first-order chi connectivity index (χ1) is 13.0. The van der Waals surface area contributed by atoms with Gasteiger partial charge in [-0.25, -0.2) is 4.99 Å². The molecule has 0 radical (unpaired) electrons. The van der Waals surface area contributed by atoms with Crippen LogP contribution in [0.1, 0.15) is 58.1 Å². The minimum Gasteiger partial charge on any atom is -0.396 e. The van der Waals surface area contributed by atoms with Gasteiger partial charge in [0.1, 0.15) is 0 Å². The molecule has 0 aliphatic heterocycles. The van der Waals surface area contributed by atoms with Crippen molar-refractivity contribution in [2.24, 2.45) is 10.4 Å². The second kappa shape index (κ2) is 12.7. The van der Waals surface area contributed by atoms with E-state index in [4.69, 9.17) is 4.99 Å². The van der Waals surface area contributed by atoms with Gasteiger partial charge in [0.25, 0.3) is 0 Å². The molecule has 1 aromatic rings. The van der Waals surface area contributed by atoms with E-state index in [2.05, 4.69) is 74.5 Å². The molecule has 1 aromatic carbocycles. The fraction of sp³-hybridized carbons (Fsp3) is 0.682. The predicted molar refractivity (Wildman–Crippen MR) is 116 cm³/mol. The summed E-state index contributed by atoms with van der Waals surface area (Å²) in [6.45, 7) is 13.2. The molecule has 1 rings (SSSR count). The molecule has 27 heavy (non-hydrogen) atoms. The molecule has 0 saturated carbocycles. The summed E-state index contributed by atoms with van der Waals surface area (Å²) in [5, 5.41) is 16.2. The van der Waals surface area contributed by atoms with E-state index in [1.54, 1.807) is 0 Å². The van der Waals surface area contributed by atoms with Crippen LogP contribution in [0.25, 0.3) is 0 Å². The van der Waals surface area contributed by atoms with Crippen LogP contribution in [-0.2, 0) is 13.1 Å². The van der Waals surface area contributed by atoms with Gasteiger partial charge in [-0.3, -0.25) is 0 Å². The van der Waals surface area contributed by atoms with Gasteiger partial charge < -0.3 is 20.6 Å². The van der Waals surface area contributed by atoms with Crippen LogP contribution in [-0.4, -0.2) is 49.3 Å². The molecular weight excluding hydrogens is 336 g/mol. The highest BCUT2D eigenvalue weighted by molar-refractivity contribution is 5.79. The number of aliphatic imine (C=N–C) groups is 1. The van der Waals surface area contributed by atoms with E-state index in [1.165, 1.54) is 11.1 Å². The van der Waals surface area contributed by atoms with Crippen LogP contribution in [0.4, 0.5) is 0 Å². The van der Waals surface area contributed by atoms with Crippen LogP contribution in [0.15, 0.2) is 29.3 Å². The van der Waals surface area contributed by atoms with Crippen LogP contribution in [0.3, 0.4) is 0 Å². The molecule has 0 aliphatic rings.